The average molecular weight is 398 g/mol. The molecule has 1 aromatic carbocycles. The Labute approximate surface area is 167 Å². The number of ether oxygens (including phenoxy) is 1. The van der Waals surface area contributed by atoms with E-state index in [1.165, 1.54) is 11.8 Å². The molecule has 28 heavy (non-hydrogen) atoms. The van der Waals surface area contributed by atoms with E-state index in [9.17, 15) is 4.79 Å². The first-order chi connectivity index (χ1) is 13.7. The Morgan fingerprint density at radius 1 is 1.29 bits per heavy atom. The standard InChI is InChI=1S/C20H22N4O3S/c1-14-6-8-15(9-7-14)21-18(25)13-28-20-23-22-19(17-5-3-11-27-17)24(20)12-16-4-2-10-26-16/h3,5-9,11,16H,2,4,10,12-13H2,1H3,(H,21,25)/t16-/m1/s1. The van der Waals surface area contributed by atoms with Gasteiger partial charge in [0.15, 0.2) is 10.9 Å². The van der Waals surface area contributed by atoms with Crippen molar-refractivity contribution in [3.05, 3.63) is 48.2 Å². The molecule has 3 aromatic rings. The highest BCUT2D eigenvalue weighted by atomic mass is 32.2. The van der Waals surface area contributed by atoms with E-state index in [1.54, 1.807) is 6.26 Å². The SMILES string of the molecule is Cc1ccc(NC(=O)CSc2nnc(-c3ccco3)n2C[C@H]2CCCO2)cc1. The number of nitrogens with one attached hydrogen (secondary N) is 1. The number of aromatic nitrogens is 3. The van der Waals surface area contributed by atoms with Gasteiger partial charge in [-0.15, -0.1) is 10.2 Å². The lowest BCUT2D eigenvalue weighted by Gasteiger charge is -2.14. The summed E-state index contributed by atoms with van der Waals surface area (Å²) < 4.78 is 13.3. The van der Waals surface area contributed by atoms with Gasteiger partial charge in [-0.05, 0) is 44.0 Å². The summed E-state index contributed by atoms with van der Waals surface area (Å²) in [5.74, 6) is 1.47. The van der Waals surface area contributed by atoms with Crippen LogP contribution < -0.4 is 5.32 Å². The molecule has 1 saturated heterocycles. The second-order valence-electron chi connectivity index (χ2n) is 6.73. The second-order valence-corrected chi connectivity index (χ2v) is 7.67. The summed E-state index contributed by atoms with van der Waals surface area (Å²) in [4.78, 5) is 12.3. The van der Waals surface area contributed by atoms with E-state index in [1.807, 2.05) is 47.9 Å². The first-order valence-electron chi connectivity index (χ1n) is 9.27. The molecule has 3 heterocycles. The molecule has 0 aliphatic carbocycles. The Bertz CT molecular complexity index is 916. The zero-order valence-corrected chi connectivity index (χ0v) is 16.4. The highest BCUT2D eigenvalue weighted by Gasteiger charge is 2.23. The minimum absolute atomic E-state index is 0.0833. The molecule has 1 atom stereocenters. The first kappa shape index (κ1) is 18.8. The molecule has 7 nitrogen and oxygen atoms in total. The van der Waals surface area contributed by atoms with Crippen molar-refractivity contribution in [2.75, 3.05) is 17.7 Å². The maximum Gasteiger partial charge on any atom is 0.234 e. The fraction of sp³-hybridized carbons (Fsp3) is 0.350. The summed E-state index contributed by atoms with van der Waals surface area (Å²) in [5, 5.41) is 12.2. The van der Waals surface area contributed by atoms with Crippen LogP contribution in [0.3, 0.4) is 0 Å². The maximum absolute atomic E-state index is 12.3. The van der Waals surface area contributed by atoms with Crippen LogP contribution in [-0.4, -0.2) is 39.1 Å². The summed E-state index contributed by atoms with van der Waals surface area (Å²) in [7, 11) is 0. The Morgan fingerprint density at radius 3 is 2.86 bits per heavy atom. The summed E-state index contributed by atoms with van der Waals surface area (Å²) >= 11 is 1.36. The van der Waals surface area contributed by atoms with E-state index in [2.05, 4.69) is 15.5 Å². The topological polar surface area (TPSA) is 82.2 Å². The van der Waals surface area contributed by atoms with E-state index < -0.39 is 0 Å². The predicted octanol–water partition coefficient (Wildman–Crippen LogP) is 3.76. The number of hydrogen-bond donors (Lipinski definition) is 1. The monoisotopic (exact) mass is 398 g/mol. The molecule has 0 spiro atoms. The zero-order valence-electron chi connectivity index (χ0n) is 15.6. The second kappa shape index (κ2) is 8.62. The van der Waals surface area contributed by atoms with Crippen LogP contribution in [-0.2, 0) is 16.1 Å². The van der Waals surface area contributed by atoms with Crippen LogP contribution in [0.25, 0.3) is 11.6 Å². The van der Waals surface area contributed by atoms with Crippen LogP contribution in [0.1, 0.15) is 18.4 Å². The van der Waals surface area contributed by atoms with Crippen molar-refractivity contribution in [3.63, 3.8) is 0 Å². The predicted molar refractivity (Wildman–Crippen MR) is 107 cm³/mol. The van der Waals surface area contributed by atoms with Gasteiger partial charge < -0.3 is 14.5 Å². The smallest absolute Gasteiger partial charge is 0.234 e. The number of rotatable bonds is 7. The van der Waals surface area contributed by atoms with Crippen molar-refractivity contribution in [2.24, 2.45) is 0 Å². The lowest BCUT2D eigenvalue weighted by Crippen LogP contribution is -2.18. The minimum atomic E-state index is -0.0833. The molecule has 146 valence electrons. The van der Waals surface area contributed by atoms with Gasteiger partial charge in [0.2, 0.25) is 11.7 Å². The van der Waals surface area contributed by atoms with Crippen molar-refractivity contribution in [3.8, 4) is 11.6 Å². The van der Waals surface area contributed by atoms with Gasteiger partial charge in [-0.2, -0.15) is 0 Å². The number of anilines is 1. The Hall–Kier alpha value is -2.58. The third-order valence-electron chi connectivity index (χ3n) is 4.54. The Morgan fingerprint density at radius 2 is 2.14 bits per heavy atom. The summed E-state index contributed by atoms with van der Waals surface area (Å²) in [6.45, 7) is 3.44. The fourth-order valence-electron chi connectivity index (χ4n) is 3.10. The molecule has 1 N–H and O–H groups in total. The number of furan rings is 1. The molecule has 0 bridgehead atoms. The molecular formula is C20H22N4O3S. The fourth-order valence-corrected chi connectivity index (χ4v) is 3.85. The number of hydrogen-bond acceptors (Lipinski definition) is 6. The number of thioether (sulfide) groups is 1. The van der Waals surface area contributed by atoms with Crippen LogP contribution in [0, 0.1) is 6.92 Å². The van der Waals surface area contributed by atoms with Crippen LogP contribution in [0.15, 0.2) is 52.2 Å². The largest absolute Gasteiger partial charge is 0.461 e. The van der Waals surface area contributed by atoms with Crippen LogP contribution in [0.4, 0.5) is 5.69 Å². The molecule has 1 aliphatic rings. The van der Waals surface area contributed by atoms with Crippen molar-refractivity contribution < 1.29 is 13.9 Å². The Balaban J connectivity index is 1.45. The highest BCUT2D eigenvalue weighted by Crippen LogP contribution is 2.27. The summed E-state index contributed by atoms with van der Waals surface area (Å²) in [6, 6.07) is 11.4. The molecule has 0 saturated carbocycles. The Kier molecular flexibility index (Phi) is 5.78. The molecule has 1 fully saturated rings. The number of benzene rings is 1. The molecule has 0 radical (unpaired) electrons. The van der Waals surface area contributed by atoms with Crippen molar-refractivity contribution in [2.45, 2.75) is 37.6 Å². The van der Waals surface area contributed by atoms with Gasteiger partial charge in [-0.1, -0.05) is 29.5 Å². The molecule has 8 heteroatoms. The van der Waals surface area contributed by atoms with E-state index in [4.69, 9.17) is 9.15 Å². The number of carbonyl (C=O) groups excluding carboxylic acids is 1. The van der Waals surface area contributed by atoms with Gasteiger partial charge in [0.05, 0.1) is 24.7 Å². The van der Waals surface area contributed by atoms with Gasteiger partial charge in [-0.25, -0.2) is 0 Å². The summed E-state index contributed by atoms with van der Waals surface area (Å²) in [6.07, 6.45) is 3.81. The van der Waals surface area contributed by atoms with Crippen molar-refractivity contribution >= 4 is 23.4 Å². The number of aryl methyl sites for hydroxylation is 1. The molecule has 0 unspecified atom stereocenters. The zero-order chi connectivity index (χ0) is 19.3. The normalized spacial score (nSPS) is 16.4. The van der Waals surface area contributed by atoms with E-state index in [0.29, 0.717) is 23.3 Å². The number of carbonyl (C=O) groups is 1. The highest BCUT2D eigenvalue weighted by molar-refractivity contribution is 7.99. The number of amides is 1. The molecule has 4 rings (SSSR count). The van der Waals surface area contributed by atoms with Gasteiger partial charge in [0.25, 0.3) is 0 Å². The lowest BCUT2D eigenvalue weighted by molar-refractivity contribution is -0.113. The van der Waals surface area contributed by atoms with E-state index >= 15 is 0 Å². The van der Waals surface area contributed by atoms with Crippen LogP contribution in [0.2, 0.25) is 0 Å². The maximum atomic E-state index is 12.3. The van der Waals surface area contributed by atoms with Crippen molar-refractivity contribution in [1.29, 1.82) is 0 Å². The quantitative estimate of drug-likeness (QED) is 0.610. The van der Waals surface area contributed by atoms with Crippen LogP contribution in [0.5, 0.6) is 0 Å². The van der Waals surface area contributed by atoms with Crippen molar-refractivity contribution in [1.82, 2.24) is 14.8 Å². The first-order valence-corrected chi connectivity index (χ1v) is 10.3. The lowest BCUT2D eigenvalue weighted by atomic mass is 10.2. The molecular weight excluding hydrogens is 376 g/mol. The van der Waals surface area contributed by atoms with Gasteiger partial charge >= 0.3 is 0 Å². The molecule has 1 amide bonds. The third kappa shape index (κ3) is 4.45. The van der Waals surface area contributed by atoms with Crippen LogP contribution >= 0.6 is 11.8 Å². The van der Waals surface area contributed by atoms with E-state index in [-0.39, 0.29) is 17.8 Å². The molecule has 2 aromatic heterocycles. The third-order valence-corrected chi connectivity index (χ3v) is 5.50. The average Bonchev–Trinajstić information content (AvgIpc) is 3.44. The number of nitrogens with zero attached hydrogens (tertiary/aromatic N) is 3. The van der Waals surface area contributed by atoms with Gasteiger partial charge in [0, 0.05) is 12.3 Å². The van der Waals surface area contributed by atoms with E-state index in [0.717, 1.165) is 30.7 Å². The van der Waals surface area contributed by atoms with Gasteiger partial charge in [-0.3, -0.25) is 9.36 Å². The summed E-state index contributed by atoms with van der Waals surface area (Å²) in [5.41, 5.74) is 1.94. The molecule has 1 aliphatic heterocycles. The van der Waals surface area contributed by atoms with Gasteiger partial charge in [0.1, 0.15) is 0 Å². The minimum Gasteiger partial charge on any atom is -0.461 e.